The van der Waals surface area contributed by atoms with Crippen LogP contribution < -0.4 is 0 Å². The van der Waals surface area contributed by atoms with Gasteiger partial charge in [0.05, 0.1) is 5.69 Å². The number of hydrogen-bond donors (Lipinski definition) is 0. The van der Waals surface area contributed by atoms with Gasteiger partial charge in [0.15, 0.2) is 5.78 Å². The zero-order chi connectivity index (χ0) is 21.0. The number of carbonyl (C=O) groups is 2. The fraction of sp³-hybridized carbons (Fsp3) is 0.435. The topological polar surface area (TPSA) is 58.4 Å². The van der Waals surface area contributed by atoms with E-state index in [1.54, 1.807) is 24.0 Å². The van der Waals surface area contributed by atoms with Crippen molar-refractivity contribution in [3.8, 4) is 11.3 Å². The molecule has 0 spiro atoms. The Morgan fingerprint density at radius 1 is 1.28 bits per heavy atom. The fourth-order valence-corrected chi connectivity index (χ4v) is 3.83. The summed E-state index contributed by atoms with van der Waals surface area (Å²) in [6, 6.07) is 8.24. The second-order valence-electron chi connectivity index (χ2n) is 7.81. The molecule has 1 saturated heterocycles. The Hall–Kier alpha value is -2.73. The zero-order valence-electron chi connectivity index (χ0n) is 17.8. The molecule has 2 aromatic rings. The third-order valence-electron chi connectivity index (χ3n) is 5.72. The van der Waals surface area contributed by atoms with E-state index < -0.39 is 0 Å². The number of allylic oxidation sites excluding steroid dienone is 1. The summed E-state index contributed by atoms with van der Waals surface area (Å²) >= 11 is 0. The third kappa shape index (κ3) is 5.01. The van der Waals surface area contributed by atoms with Crippen molar-refractivity contribution in [3.63, 3.8) is 0 Å². The number of carbonyl (C=O) groups excluding carboxylic acids is 2. The van der Waals surface area contributed by atoms with Gasteiger partial charge in [-0.1, -0.05) is 29.8 Å². The summed E-state index contributed by atoms with van der Waals surface area (Å²) in [4.78, 5) is 33.1. The molecule has 2 heterocycles. The first kappa shape index (κ1) is 21.0. The molecule has 0 saturated carbocycles. The average molecular weight is 395 g/mol. The second kappa shape index (κ2) is 9.18. The Balaban J connectivity index is 1.59. The number of nitrogens with zero attached hydrogens (tertiary/aromatic N) is 4. The van der Waals surface area contributed by atoms with Crippen LogP contribution in [0.15, 0.2) is 48.4 Å². The number of piperidine rings is 1. The molecule has 1 aromatic carbocycles. The van der Waals surface area contributed by atoms with E-state index in [1.807, 2.05) is 50.1 Å². The highest BCUT2D eigenvalue weighted by Gasteiger charge is 2.27. The van der Waals surface area contributed by atoms with Gasteiger partial charge in [-0.2, -0.15) is 0 Å². The van der Waals surface area contributed by atoms with Gasteiger partial charge in [-0.05, 0) is 39.7 Å². The highest BCUT2D eigenvalue weighted by atomic mass is 16.2. The van der Waals surface area contributed by atoms with Crippen LogP contribution in [0.2, 0.25) is 0 Å². The molecular weight excluding hydrogens is 364 g/mol. The Morgan fingerprint density at radius 3 is 2.62 bits per heavy atom. The number of hydrogen-bond acceptors (Lipinski definition) is 4. The molecule has 0 radical (unpaired) electrons. The number of Topliss-reactive ketones (excluding diaryl/α,β-unsaturated/α-hetero) is 1. The van der Waals surface area contributed by atoms with Crippen molar-refractivity contribution >= 4 is 11.8 Å². The fourth-order valence-electron chi connectivity index (χ4n) is 3.83. The number of aromatic nitrogens is 2. The van der Waals surface area contributed by atoms with Crippen LogP contribution in [-0.4, -0.2) is 63.9 Å². The second-order valence-corrected chi connectivity index (χ2v) is 7.81. The van der Waals surface area contributed by atoms with Crippen LogP contribution in [0.1, 0.15) is 32.3 Å². The van der Waals surface area contributed by atoms with Gasteiger partial charge in [-0.15, -0.1) is 0 Å². The number of imidazole rings is 1. The molecule has 0 atom stereocenters. The molecular formula is C23H30N4O2. The summed E-state index contributed by atoms with van der Waals surface area (Å²) in [7, 11) is 1.86. The molecule has 1 aromatic heterocycles. The quantitative estimate of drug-likeness (QED) is 0.725. The number of aryl methyl sites for hydroxylation is 1. The first-order valence-corrected chi connectivity index (χ1v) is 10.2. The molecule has 0 bridgehead atoms. The number of benzene rings is 1. The molecule has 0 N–H and O–H groups in total. The van der Waals surface area contributed by atoms with Gasteiger partial charge in [0.2, 0.25) is 0 Å². The summed E-state index contributed by atoms with van der Waals surface area (Å²) in [5.41, 5.74) is 3.83. The lowest BCUT2D eigenvalue weighted by molar-refractivity contribution is -0.113. The van der Waals surface area contributed by atoms with Gasteiger partial charge in [0, 0.05) is 50.1 Å². The van der Waals surface area contributed by atoms with Crippen molar-refractivity contribution in [2.45, 2.75) is 39.7 Å². The maximum Gasteiger partial charge on any atom is 0.329 e. The number of ketones is 1. The van der Waals surface area contributed by atoms with Gasteiger partial charge in [0.25, 0.3) is 0 Å². The molecule has 1 fully saturated rings. The molecule has 6 nitrogen and oxygen atoms in total. The minimum absolute atomic E-state index is 0.0623. The molecule has 0 aliphatic carbocycles. The maximum atomic E-state index is 12.9. The molecule has 1 aliphatic heterocycles. The van der Waals surface area contributed by atoms with E-state index in [2.05, 4.69) is 16.0 Å². The van der Waals surface area contributed by atoms with Gasteiger partial charge < -0.3 is 4.90 Å². The van der Waals surface area contributed by atoms with Crippen molar-refractivity contribution in [3.05, 3.63) is 54.0 Å². The molecule has 3 rings (SSSR count). The van der Waals surface area contributed by atoms with E-state index in [0.717, 1.165) is 48.3 Å². The number of rotatable bonds is 5. The molecule has 1 amide bonds. The van der Waals surface area contributed by atoms with Crippen molar-refractivity contribution < 1.29 is 9.59 Å². The first-order valence-electron chi connectivity index (χ1n) is 10.2. The largest absolute Gasteiger partial charge is 0.329 e. The highest BCUT2D eigenvalue weighted by molar-refractivity contribution is 5.93. The lowest BCUT2D eigenvalue weighted by Gasteiger charge is -2.36. The molecule has 1 aliphatic rings. The highest BCUT2D eigenvalue weighted by Crippen LogP contribution is 2.20. The van der Waals surface area contributed by atoms with Crippen LogP contribution in [0.5, 0.6) is 0 Å². The molecule has 0 unspecified atom stereocenters. The van der Waals surface area contributed by atoms with Crippen molar-refractivity contribution in [2.75, 3.05) is 26.7 Å². The Bertz CT molecular complexity index is 907. The van der Waals surface area contributed by atoms with E-state index >= 15 is 0 Å². The van der Waals surface area contributed by atoms with Gasteiger partial charge in [-0.3, -0.25) is 14.3 Å². The average Bonchev–Trinajstić information content (AvgIpc) is 3.21. The van der Waals surface area contributed by atoms with Gasteiger partial charge in [0.1, 0.15) is 6.33 Å². The van der Waals surface area contributed by atoms with Crippen LogP contribution in [0, 0.1) is 6.92 Å². The lowest BCUT2D eigenvalue weighted by Crippen LogP contribution is -2.47. The number of amides is 1. The van der Waals surface area contributed by atoms with Crippen molar-refractivity contribution in [1.29, 1.82) is 0 Å². The monoisotopic (exact) mass is 394 g/mol. The van der Waals surface area contributed by atoms with E-state index in [1.165, 1.54) is 0 Å². The van der Waals surface area contributed by atoms with Crippen LogP contribution in [0.3, 0.4) is 0 Å². The Morgan fingerprint density at radius 2 is 2.00 bits per heavy atom. The first-order chi connectivity index (χ1) is 13.9. The zero-order valence-corrected chi connectivity index (χ0v) is 17.8. The van der Waals surface area contributed by atoms with Gasteiger partial charge >= 0.3 is 6.03 Å². The smallest absolute Gasteiger partial charge is 0.324 e. The normalized spacial score (nSPS) is 16.1. The summed E-state index contributed by atoms with van der Waals surface area (Å²) in [6.45, 7) is 8.02. The summed E-state index contributed by atoms with van der Waals surface area (Å²) in [6.07, 6.45) is 7.09. The minimum Gasteiger partial charge on any atom is -0.324 e. The van der Waals surface area contributed by atoms with Crippen LogP contribution in [-0.2, 0) is 4.79 Å². The van der Waals surface area contributed by atoms with E-state index in [-0.39, 0.29) is 17.9 Å². The van der Waals surface area contributed by atoms with Crippen LogP contribution >= 0.6 is 0 Å². The van der Waals surface area contributed by atoms with E-state index in [9.17, 15) is 9.59 Å². The van der Waals surface area contributed by atoms with Crippen LogP contribution in [0.25, 0.3) is 11.3 Å². The third-order valence-corrected chi connectivity index (χ3v) is 5.72. The predicted molar refractivity (Wildman–Crippen MR) is 115 cm³/mol. The minimum atomic E-state index is -0.0623. The summed E-state index contributed by atoms with van der Waals surface area (Å²) in [5, 5.41) is 0. The summed E-state index contributed by atoms with van der Waals surface area (Å²) in [5.74, 6) is 0.131. The SMILES string of the molecule is C/C=C(/CN1CCC(N(C)C(=O)n2cnc(-c3cccc(C)c3)c2)CC1)C(C)=O. The maximum absolute atomic E-state index is 12.9. The standard InChI is InChI=1S/C23H30N4O2/c1-5-19(18(3)28)14-26-11-9-21(10-12-26)25(4)23(29)27-15-22(24-16-27)20-8-6-7-17(2)13-20/h5-8,13,15-16,21H,9-12,14H2,1-4H3/b19-5-. The Kier molecular flexibility index (Phi) is 6.64. The molecule has 154 valence electrons. The predicted octanol–water partition coefficient (Wildman–Crippen LogP) is 3.76. The molecule has 29 heavy (non-hydrogen) atoms. The molecule has 6 heteroatoms. The van der Waals surface area contributed by atoms with E-state index in [4.69, 9.17) is 0 Å². The van der Waals surface area contributed by atoms with Gasteiger partial charge in [-0.25, -0.2) is 9.78 Å². The number of likely N-dealkylation sites (tertiary alicyclic amines) is 1. The lowest BCUT2D eigenvalue weighted by atomic mass is 10.0. The van der Waals surface area contributed by atoms with E-state index in [0.29, 0.717) is 6.54 Å². The Labute approximate surface area is 172 Å². The van der Waals surface area contributed by atoms with Crippen LogP contribution in [0.4, 0.5) is 4.79 Å². The van der Waals surface area contributed by atoms with Crippen molar-refractivity contribution in [2.24, 2.45) is 0 Å². The summed E-state index contributed by atoms with van der Waals surface area (Å²) < 4.78 is 1.57. The van der Waals surface area contributed by atoms with Crippen molar-refractivity contribution in [1.82, 2.24) is 19.4 Å².